The molecule has 0 amide bonds. The Morgan fingerprint density at radius 2 is 2.04 bits per heavy atom. The predicted molar refractivity (Wildman–Crippen MR) is 91.3 cm³/mol. The van der Waals surface area contributed by atoms with E-state index in [9.17, 15) is 35.3 Å². The number of hydrogen-bond donors (Lipinski definition) is 5. The number of rotatable bonds is 7. The summed E-state index contributed by atoms with van der Waals surface area (Å²) >= 11 is 0. The highest BCUT2D eigenvalue weighted by molar-refractivity contribution is 5.89. The number of aliphatic hydroxyl groups is 5. The number of aromatic nitrogens is 1. The molecule has 146 valence electrons. The Morgan fingerprint density at radius 3 is 2.63 bits per heavy atom. The molecule has 1 aromatic carbocycles. The molecule has 0 bridgehead atoms. The summed E-state index contributed by atoms with van der Waals surface area (Å²) in [6, 6.07) is 5.03. The van der Waals surface area contributed by atoms with Crippen molar-refractivity contribution < 1.29 is 35.3 Å². The Hall–Kier alpha value is -2.37. The van der Waals surface area contributed by atoms with Crippen LogP contribution in [0.4, 0.5) is 0 Å². The minimum Gasteiger partial charge on any atom is -0.394 e. The fraction of sp³-hybridized carbons (Fsp3) is 0.471. The van der Waals surface area contributed by atoms with E-state index in [0.29, 0.717) is 17.4 Å². The number of hydrogen-bond acceptors (Lipinski definition) is 8. The second kappa shape index (κ2) is 6.66. The predicted octanol–water partition coefficient (Wildman–Crippen LogP) is -1.35. The van der Waals surface area contributed by atoms with Gasteiger partial charge in [0, 0.05) is 23.7 Å². The zero-order valence-electron chi connectivity index (χ0n) is 14.2. The number of aldehydes is 1. The Labute approximate surface area is 153 Å². The highest BCUT2D eigenvalue weighted by atomic mass is 16.7. The third kappa shape index (κ3) is 2.57. The molecule has 0 aliphatic carbocycles. The van der Waals surface area contributed by atoms with Crippen molar-refractivity contribution in [2.75, 3.05) is 6.61 Å². The van der Waals surface area contributed by atoms with Crippen LogP contribution in [-0.4, -0.2) is 65.8 Å². The molecule has 0 saturated heterocycles. The van der Waals surface area contributed by atoms with Crippen molar-refractivity contribution in [1.82, 2.24) is 4.57 Å². The summed E-state index contributed by atoms with van der Waals surface area (Å²) in [5.41, 5.74) is -5.61. The number of nitro groups is 1. The zero-order valence-corrected chi connectivity index (χ0v) is 14.2. The summed E-state index contributed by atoms with van der Waals surface area (Å²) in [5.74, 6) is 0. The number of benzene rings is 1. The van der Waals surface area contributed by atoms with E-state index in [1.165, 1.54) is 12.3 Å². The molecule has 2 aromatic rings. The monoisotopic (exact) mass is 380 g/mol. The molecule has 3 rings (SSSR count). The van der Waals surface area contributed by atoms with Gasteiger partial charge in [0.1, 0.15) is 12.2 Å². The summed E-state index contributed by atoms with van der Waals surface area (Å²) in [7, 11) is 0. The summed E-state index contributed by atoms with van der Waals surface area (Å²) < 4.78 is 1.71. The lowest BCUT2D eigenvalue weighted by Gasteiger charge is -2.38. The quantitative estimate of drug-likeness (QED) is 0.170. The van der Waals surface area contributed by atoms with Crippen molar-refractivity contribution >= 4 is 17.2 Å². The van der Waals surface area contributed by atoms with E-state index in [0.717, 1.165) is 18.4 Å². The van der Waals surface area contributed by atoms with Crippen LogP contribution in [0.5, 0.6) is 0 Å². The van der Waals surface area contributed by atoms with E-state index in [-0.39, 0.29) is 5.56 Å². The SMILES string of the molecule is O=C[C@@](O)([N+](=O)[O-])[C@](O)(c1cn2c3c(cccc13)CCC2)[C@@H](O)[C@H](O)CO. The fourth-order valence-corrected chi connectivity index (χ4v) is 3.78. The first-order valence-corrected chi connectivity index (χ1v) is 8.36. The van der Waals surface area contributed by atoms with Crippen molar-refractivity contribution in [2.24, 2.45) is 0 Å². The van der Waals surface area contributed by atoms with Crippen LogP contribution in [0.15, 0.2) is 24.4 Å². The minimum atomic E-state index is -3.66. The number of aryl methyl sites for hydroxylation is 2. The molecule has 2 heterocycles. The highest BCUT2D eigenvalue weighted by Gasteiger charge is 2.67. The number of carbonyl (C=O) groups excluding carboxylic acids is 1. The van der Waals surface area contributed by atoms with Crippen molar-refractivity contribution in [2.45, 2.75) is 42.9 Å². The van der Waals surface area contributed by atoms with Gasteiger partial charge in [-0.1, -0.05) is 18.2 Å². The lowest BCUT2D eigenvalue weighted by Crippen LogP contribution is -2.66. The van der Waals surface area contributed by atoms with Gasteiger partial charge < -0.3 is 30.1 Å². The molecular formula is C17H20N2O8. The largest absolute Gasteiger partial charge is 0.414 e. The van der Waals surface area contributed by atoms with Crippen LogP contribution in [0, 0.1) is 10.1 Å². The Kier molecular flexibility index (Phi) is 4.78. The molecule has 0 unspecified atom stereocenters. The van der Waals surface area contributed by atoms with Crippen LogP contribution in [-0.2, 0) is 23.4 Å². The van der Waals surface area contributed by atoms with Gasteiger partial charge in [0.15, 0.2) is 0 Å². The van der Waals surface area contributed by atoms with Crippen LogP contribution in [0.2, 0.25) is 0 Å². The first-order chi connectivity index (χ1) is 12.7. The average molecular weight is 380 g/mol. The third-order valence-electron chi connectivity index (χ3n) is 5.22. The van der Waals surface area contributed by atoms with Crippen molar-refractivity contribution in [3.63, 3.8) is 0 Å². The van der Waals surface area contributed by atoms with E-state index in [2.05, 4.69) is 0 Å². The summed E-state index contributed by atoms with van der Waals surface area (Å²) in [6.45, 7) is -0.528. The molecule has 4 atom stereocenters. The van der Waals surface area contributed by atoms with E-state index >= 15 is 0 Å². The zero-order chi connectivity index (χ0) is 20.0. The Morgan fingerprint density at radius 1 is 1.33 bits per heavy atom. The molecule has 1 aliphatic rings. The van der Waals surface area contributed by atoms with Crippen molar-refractivity contribution in [3.05, 3.63) is 45.6 Å². The van der Waals surface area contributed by atoms with Crippen LogP contribution in [0.3, 0.4) is 0 Å². The van der Waals surface area contributed by atoms with Crippen molar-refractivity contribution in [3.8, 4) is 0 Å². The number of nitrogens with zero attached hydrogens (tertiary/aromatic N) is 2. The minimum absolute atomic E-state index is 0.285. The van der Waals surface area contributed by atoms with Crippen LogP contribution >= 0.6 is 0 Å². The van der Waals surface area contributed by atoms with E-state index in [1.54, 1.807) is 10.6 Å². The second-order valence-electron chi connectivity index (χ2n) is 6.72. The average Bonchev–Trinajstić information content (AvgIpc) is 3.06. The summed E-state index contributed by atoms with van der Waals surface area (Å²) in [6.07, 6.45) is -2.15. The highest BCUT2D eigenvalue weighted by Crippen LogP contribution is 2.43. The van der Waals surface area contributed by atoms with Crippen LogP contribution in [0.25, 0.3) is 10.9 Å². The lowest BCUT2D eigenvalue weighted by atomic mass is 9.77. The number of carbonyl (C=O) groups is 1. The molecule has 1 aliphatic heterocycles. The number of aliphatic hydroxyl groups excluding tert-OH is 3. The first-order valence-electron chi connectivity index (χ1n) is 8.36. The van der Waals surface area contributed by atoms with Gasteiger partial charge in [0.05, 0.1) is 17.0 Å². The molecule has 10 nitrogen and oxygen atoms in total. The van der Waals surface area contributed by atoms with Gasteiger partial charge in [0.2, 0.25) is 11.9 Å². The van der Waals surface area contributed by atoms with Gasteiger partial charge in [-0.2, -0.15) is 0 Å². The molecule has 0 radical (unpaired) electrons. The normalized spacial score (nSPS) is 20.5. The van der Waals surface area contributed by atoms with Gasteiger partial charge in [-0.15, -0.1) is 0 Å². The topological polar surface area (TPSA) is 166 Å². The van der Waals surface area contributed by atoms with Gasteiger partial charge in [0.25, 0.3) is 0 Å². The maximum Gasteiger partial charge on any atom is 0.414 e. The Bertz CT molecular complexity index is 896. The molecule has 0 saturated carbocycles. The van der Waals surface area contributed by atoms with E-state index in [4.69, 9.17) is 5.11 Å². The third-order valence-corrected chi connectivity index (χ3v) is 5.22. The first kappa shape index (κ1) is 19.4. The lowest BCUT2D eigenvalue weighted by molar-refractivity contribution is -0.633. The molecule has 0 spiro atoms. The smallest absolute Gasteiger partial charge is 0.394 e. The Balaban J connectivity index is 2.36. The van der Waals surface area contributed by atoms with Gasteiger partial charge in [-0.05, 0) is 18.4 Å². The maximum absolute atomic E-state index is 11.5. The standard InChI is InChI=1S/C17H20N2O8/c20-8-13(22)15(23)17(25,16(24,9-21)19(26)27)12-7-18-6-2-4-10-3-1-5-11(12)14(10)18/h1,3,5,7,9,13,15,20,22-25H,2,4,6,8H2/t13-,15+,16+,17+/m1/s1. The second-order valence-corrected chi connectivity index (χ2v) is 6.72. The molecule has 5 N–H and O–H groups in total. The van der Waals surface area contributed by atoms with E-state index < -0.39 is 41.4 Å². The van der Waals surface area contributed by atoms with E-state index in [1.807, 2.05) is 6.07 Å². The number of para-hydroxylation sites is 1. The summed E-state index contributed by atoms with van der Waals surface area (Å²) in [4.78, 5) is 21.5. The summed E-state index contributed by atoms with van der Waals surface area (Å²) in [5, 5.41) is 62.8. The molecule has 27 heavy (non-hydrogen) atoms. The van der Waals surface area contributed by atoms with Crippen LogP contribution in [0.1, 0.15) is 17.5 Å². The van der Waals surface area contributed by atoms with Gasteiger partial charge >= 0.3 is 5.72 Å². The molecule has 0 fully saturated rings. The van der Waals surface area contributed by atoms with Gasteiger partial charge in [-0.3, -0.25) is 14.9 Å². The molecule has 10 heteroatoms. The van der Waals surface area contributed by atoms with Crippen molar-refractivity contribution in [1.29, 1.82) is 0 Å². The molecule has 1 aromatic heterocycles. The fourth-order valence-electron chi connectivity index (χ4n) is 3.78. The molecular weight excluding hydrogens is 360 g/mol. The van der Waals surface area contributed by atoms with Crippen LogP contribution < -0.4 is 0 Å². The maximum atomic E-state index is 11.5. The van der Waals surface area contributed by atoms with Gasteiger partial charge in [-0.25, -0.2) is 0 Å².